The van der Waals surface area contributed by atoms with Crippen molar-refractivity contribution in [3.63, 3.8) is 0 Å². The molecule has 0 saturated carbocycles. The summed E-state index contributed by atoms with van der Waals surface area (Å²) in [4.78, 5) is 8.50. The van der Waals surface area contributed by atoms with Gasteiger partial charge in [-0.2, -0.15) is 5.10 Å². The molecule has 0 saturated heterocycles. The number of hydrogen-bond donors (Lipinski definition) is 2. The minimum Gasteiger partial charge on any atom is -0.489 e. The van der Waals surface area contributed by atoms with Crippen LogP contribution in [0, 0.1) is 6.92 Å². The van der Waals surface area contributed by atoms with Gasteiger partial charge in [0.25, 0.3) is 0 Å². The number of H-pyrrole nitrogens is 1. The number of nitrogens with zero attached hydrogens (tertiary/aromatic N) is 3. The predicted molar refractivity (Wildman–Crippen MR) is 102 cm³/mol. The maximum Gasteiger partial charge on any atom is 0.138 e. The van der Waals surface area contributed by atoms with Crippen molar-refractivity contribution in [3.05, 3.63) is 71.4 Å². The Hall–Kier alpha value is -3.12. The van der Waals surface area contributed by atoms with Crippen molar-refractivity contribution in [2.24, 2.45) is 0 Å². The molecule has 0 spiro atoms. The Morgan fingerprint density at radius 1 is 1.15 bits per heavy atom. The van der Waals surface area contributed by atoms with Crippen molar-refractivity contribution in [2.75, 3.05) is 5.32 Å². The van der Waals surface area contributed by atoms with Gasteiger partial charge in [-0.3, -0.25) is 5.10 Å². The number of aryl methyl sites for hydroxylation is 1. The minimum absolute atomic E-state index is 0.455. The fraction of sp³-hybridized carbons (Fsp3) is 0.105. The lowest BCUT2D eigenvalue weighted by atomic mass is 10.1. The fourth-order valence-corrected chi connectivity index (χ4v) is 2.73. The largest absolute Gasteiger partial charge is 0.489 e. The number of rotatable bonds is 5. The smallest absolute Gasteiger partial charge is 0.138 e. The standard InChI is InChI=1S/C19H16ClN5O/c1-12-14(9-23-25-12)11-26-16-3-4-17-13(8-16)6-7-21-19(17)24-15-2-5-18(20)22-10-15/h2-10H,11H2,1H3,(H,21,24)(H,23,25). The van der Waals surface area contributed by atoms with E-state index < -0.39 is 0 Å². The van der Waals surface area contributed by atoms with Crippen LogP contribution in [0.1, 0.15) is 11.3 Å². The van der Waals surface area contributed by atoms with Crippen molar-refractivity contribution in [3.8, 4) is 5.75 Å². The number of aromatic nitrogens is 4. The molecular weight excluding hydrogens is 350 g/mol. The molecule has 0 aliphatic heterocycles. The van der Waals surface area contributed by atoms with E-state index in [1.165, 1.54) is 0 Å². The van der Waals surface area contributed by atoms with Crippen molar-refractivity contribution in [1.82, 2.24) is 20.2 Å². The highest BCUT2D eigenvalue weighted by molar-refractivity contribution is 6.29. The Balaban J connectivity index is 1.57. The van der Waals surface area contributed by atoms with E-state index in [1.807, 2.05) is 43.5 Å². The summed E-state index contributed by atoms with van der Waals surface area (Å²) in [7, 11) is 0. The quantitative estimate of drug-likeness (QED) is 0.504. The Bertz CT molecular complexity index is 1050. The summed E-state index contributed by atoms with van der Waals surface area (Å²) in [5, 5.41) is 12.7. The average Bonchev–Trinajstić information content (AvgIpc) is 3.07. The second kappa shape index (κ2) is 7.01. The molecule has 6 nitrogen and oxygen atoms in total. The summed E-state index contributed by atoms with van der Waals surface area (Å²) < 4.78 is 5.89. The van der Waals surface area contributed by atoms with Crippen LogP contribution in [0.3, 0.4) is 0 Å². The molecule has 1 aromatic carbocycles. The third-order valence-electron chi connectivity index (χ3n) is 4.06. The first-order valence-electron chi connectivity index (χ1n) is 8.08. The van der Waals surface area contributed by atoms with Gasteiger partial charge in [-0.15, -0.1) is 0 Å². The fourth-order valence-electron chi connectivity index (χ4n) is 2.62. The molecular formula is C19H16ClN5O. The normalized spacial score (nSPS) is 10.8. The lowest BCUT2D eigenvalue weighted by Gasteiger charge is -2.10. The average molecular weight is 366 g/mol. The van der Waals surface area contributed by atoms with Gasteiger partial charge in [0, 0.05) is 23.3 Å². The molecule has 130 valence electrons. The topological polar surface area (TPSA) is 75.7 Å². The van der Waals surface area contributed by atoms with Crippen LogP contribution < -0.4 is 10.1 Å². The first-order valence-corrected chi connectivity index (χ1v) is 8.46. The molecule has 3 aromatic heterocycles. The third-order valence-corrected chi connectivity index (χ3v) is 4.28. The highest BCUT2D eigenvalue weighted by atomic mass is 35.5. The zero-order valence-electron chi connectivity index (χ0n) is 14.0. The zero-order valence-corrected chi connectivity index (χ0v) is 14.8. The zero-order chi connectivity index (χ0) is 17.9. The second-order valence-corrected chi connectivity index (χ2v) is 6.21. The molecule has 0 fully saturated rings. The number of aromatic amines is 1. The predicted octanol–water partition coefficient (Wildman–Crippen LogP) is 4.64. The van der Waals surface area contributed by atoms with Gasteiger partial charge in [-0.05, 0) is 48.7 Å². The van der Waals surface area contributed by atoms with E-state index in [2.05, 4.69) is 25.5 Å². The number of benzene rings is 1. The first-order chi connectivity index (χ1) is 12.7. The maximum atomic E-state index is 5.89. The van der Waals surface area contributed by atoms with E-state index in [9.17, 15) is 0 Å². The van der Waals surface area contributed by atoms with Crippen LogP contribution in [0.15, 0.2) is 55.0 Å². The monoisotopic (exact) mass is 365 g/mol. The van der Waals surface area contributed by atoms with Crippen LogP contribution >= 0.6 is 11.6 Å². The summed E-state index contributed by atoms with van der Waals surface area (Å²) in [6.45, 7) is 2.42. The number of hydrogen-bond acceptors (Lipinski definition) is 5. The maximum absolute atomic E-state index is 5.89. The van der Waals surface area contributed by atoms with E-state index in [0.29, 0.717) is 11.8 Å². The number of anilines is 2. The summed E-state index contributed by atoms with van der Waals surface area (Å²) >= 11 is 5.83. The summed E-state index contributed by atoms with van der Waals surface area (Å²) in [6, 6.07) is 11.5. The molecule has 2 N–H and O–H groups in total. The van der Waals surface area contributed by atoms with Crippen LogP contribution in [0.2, 0.25) is 5.15 Å². The van der Waals surface area contributed by atoms with E-state index in [-0.39, 0.29) is 0 Å². The molecule has 0 unspecified atom stereocenters. The lowest BCUT2D eigenvalue weighted by molar-refractivity contribution is 0.306. The lowest BCUT2D eigenvalue weighted by Crippen LogP contribution is -1.97. The molecule has 0 amide bonds. The second-order valence-electron chi connectivity index (χ2n) is 5.82. The van der Waals surface area contributed by atoms with Crippen LogP contribution in [0.4, 0.5) is 11.5 Å². The third kappa shape index (κ3) is 3.45. The van der Waals surface area contributed by atoms with E-state index >= 15 is 0 Å². The molecule has 7 heteroatoms. The summed E-state index contributed by atoms with van der Waals surface area (Å²) in [5.41, 5.74) is 2.81. The van der Waals surface area contributed by atoms with Gasteiger partial charge in [0.1, 0.15) is 23.3 Å². The van der Waals surface area contributed by atoms with E-state index in [1.54, 1.807) is 18.5 Å². The van der Waals surface area contributed by atoms with Crippen molar-refractivity contribution in [2.45, 2.75) is 13.5 Å². The van der Waals surface area contributed by atoms with Gasteiger partial charge >= 0.3 is 0 Å². The Labute approximate surface area is 155 Å². The van der Waals surface area contributed by atoms with E-state index in [4.69, 9.17) is 16.3 Å². The van der Waals surface area contributed by atoms with E-state index in [0.717, 1.165) is 39.3 Å². The van der Waals surface area contributed by atoms with Crippen molar-refractivity contribution in [1.29, 1.82) is 0 Å². The highest BCUT2D eigenvalue weighted by Crippen LogP contribution is 2.28. The Morgan fingerprint density at radius 3 is 2.85 bits per heavy atom. The number of ether oxygens (including phenoxy) is 1. The number of halogens is 1. The van der Waals surface area contributed by atoms with Gasteiger partial charge in [-0.25, -0.2) is 9.97 Å². The summed E-state index contributed by atoms with van der Waals surface area (Å²) in [5.74, 6) is 1.55. The first kappa shape index (κ1) is 16.4. The number of nitrogens with one attached hydrogen (secondary N) is 2. The number of pyridine rings is 2. The van der Waals surface area contributed by atoms with Crippen LogP contribution in [-0.2, 0) is 6.61 Å². The molecule has 26 heavy (non-hydrogen) atoms. The molecule has 4 rings (SSSR count). The summed E-state index contributed by atoms with van der Waals surface area (Å²) in [6.07, 6.45) is 5.29. The van der Waals surface area contributed by atoms with Crippen LogP contribution in [0.25, 0.3) is 10.8 Å². The van der Waals surface area contributed by atoms with Crippen LogP contribution in [0.5, 0.6) is 5.75 Å². The van der Waals surface area contributed by atoms with Crippen LogP contribution in [-0.4, -0.2) is 20.2 Å². The molecule has 0 radical (unpaired) electrons. The minimum atomic E-state index is 0.455. The molecule has 0 bridgehead atoms. The van der Waals surface area contributed by atoms with Gasteiger partial charge in [0.2, 0.25) is 0 Å². The molecule has 0 aliphatic rings. The van der Waals surface area contributed by atoms with Gasteiger partial charge < -0.3 is 10.1 Å². The van der Waals surface area contributed by atoms with Crippen molar-refractivity contribution < 1.29 is 4.74 Å². The Kier molecular flexibility index (Phi) is 4.41. The number of fused-ring (bicyclic) bond motifs is 1. The molecule has 3 heterocycles. The SMILES string of the molecule is Cc1n[nH]cc1COc1ccc2c(Nc3ccc(Cl)nc3)nccc2c1. The van der Waals surface area contributed by atoms with Crippen molar-refractivity contribution >= 4 is 33.9 Å². The van der Waals surface area contributed by atoms with Gasteiger partial charge in [0.15, 0.2) is 0 Å². The molecule has 0 atom stereocenters. The van der Waals surface area contributed by atoms with Gasteiger partial charge in [-0.1, -0.05) is 11.6 Å². The highest BCUT2D eigenvalue weighted by Gasteiger charge is 2.06. The Morgan fingerprint density at radius 2 is 2.08 bits per heavy atom. The van der Waals surface area contributed by atoms with Gasteiger partial charge in [0.05, 0.1) is 17.6 Å². The molecule has 0 aliphatic carbocycles. The molecule has 4 aromatic rings.